The van der Waals surface area contributed by atoms with Gasteiger partial charge in [0.15, 0.2) is 0 Å². The minimum atomic E-state index is -0.624. The van der Waals surface area contributed by atoms with Gasteiger partial charge in [-0.1, -0.05) is 36.4 Å². The number of carbonyl (C=O) groups excluding carboxylic acids is 2. The van der Waals surface area contributed by atoms with E-state index in [-0.39, 0.29) is 5.91 Å². The molecule has 2 N–H and O–H groups in total. The van der Waals surface area contributed by atoms with Crippen molar-refractivity contribution in [3.8, 4) is 39.5 Å². The number of aryl methyl sites for hydroxylation is 2. The standard InChI is InChI=1S/C35H36N4O4/c1-21-12-8-9-15-26(21)30-22(2)27(17-18-29(30)42-7)32-36-23(3)31(38-32)33(40)37-25-14-10-13-24(20-25)28-16-11-19-39(28)34(41)43-35(4,5)6/h8-20H,1-7H3,(H,36,38)(H,37,40). The summed E-state index contributed by atoms with van der Waals surface area (Å²) in [5.41, 5.74) is 7.39. The van der Waals surface area contributed by atoms with E-state index < -0.39 is 11.7 Å². The molecule has 3 aromatic carbocycles. The summed E-state index contributed by atoms with van der Waals surface area (Å²) in [5.74, 6) is 1.03. The Kier molecular flexibility index (Phi) is 7.96. The van der Waals surface area contributed by atoms with E-state index >= 15 is 0 Å². The number of H-pyrrole nitrogens is 1. The van der Waals surface area contributed by atoms with Crippen LogP contribution in [0.25, 0.3) is 33.8 Å². The number of carbonyl (C=O) groups is 2. The lowest BCUT2D eigenvalue weighted by atomic mass is 9.92. The van der Waals surface area contributed by atoms with Gasteiger partial charge in [0.05, 0.1) is 12.8 Å². The van der Waals surface area contributed by atoms with Crippen molar-refractivity contribution in [1.82, 2.24) is 14.5 Å². The van der Waals surface area contributed by atoms with Crippen LogP contribution in [0, 0.1) is 20.8 Å². The Hall–Kier alpha value is -5.11. The van der Waals surface area contributed by atoms with Crippen LogP contribution in [0.1, 0.15) is 48.1 Å². The summed E-state index contributed by atoms with van der Waals surface area (Å²) in [5, 5.41) is 2.96. The quantitative estimate of drug-likeness (QED) is 0.212. The maximum Gasteiger partial charge on any atom is 0.418 e. The molecule has 0 spiro atoms. The molecule has 0 aliphatic carbocycles. The molecule has 0 atom stereocenters. The van der Waals surface area contributed by atoms with Crippen molar-refractivity contribution in [2.45, 2.75) is 47.1 Å². The molecule has 5 rings (SSSR count). The molecule has 0 unspecified atom stereocenters. The van der Waals surface area contributed by atoms with Gasteiger partial charge in [-0.15, -0.1) is 0 Å². The maximum atomic E-state index is 13.4. The Labute approximate surface area is 251 Å². The number of aromatic nitrogens is 3. The van der Waals surface area contributed by atoms with Crippen molar-refractivity contribution in [2.24, 2.45) is 0 Å². The lowest BCUT2D eigenvalue weighted by molar-refractivity contribution is 0.0540. The zero-order chi connectivity index (χ0) is 30.9. The van der Waals surface area contributed by atoms with Crippen molar-refractivity contribution in [3.63, 3.8) is 0 Å². The van der Waals surface area contributed by atoms with Gasteiger partial charge >= 0.3 is 6.09 Å². The van der Waals surface area contributed by atoms with Gasteiger partial charge in [-0.3, -0.25) is 9.36 Å². The predicted octanol–water partition coefficient (Wildman–Crippen LogP) is 8.18. The second-order valence-electron chi connectivity index (χ2n) is 11.5. The number of methoxy groups -OCH3 is 1. The van der Waals surface area contributed by atoms with E-state index in [0.29, 0.717) is 28.6 Å². The third kappa shape index (κ3) is 6.09. The summed E-state index contributed by atoms with van der Waals surface area (Å²) in [4.78, 5) is 34.2. The van der Waals surface area contributed by atoms with Crippen molar-refractivity contribution in [2.75, 3.05) is 12.4 Å². The highest BCUT2D eigenvalue weighted by Crippen LogP contribution is 2.39. The van der Waals surface area contributed by atoms with Crippen molar-refractivity contribution in [3.05, 3.63) is 102 Å². The lowest BCUT2D eigenvalue weighted by Crippen LogP contribution is -2.27. The third-order valence-corrected chi connectivity index (χ3v) is 7.17. The van der Waals surface area contributed by atoms with Gasteiger partial charge in [-0.2, -0.15) is 0 Å². The van der Waals surface area contributed by atoms with Crippen LogP contribution in [0.4, 0.5) is 10.5 Å². The van der Waals surface area contributed by atoms with Crippen LogP contribution in [0.3, 0.4) is 0 Å². The summed E-state index contributed by atoms with van der Waals surface area (Å²) in [6, 6.07) is 23.0. The smallest absolute Gasteiger partial charge is 0.418 e. The topological polar surface area (TPSA) is 98.2 Å². The van der Waals surface area contributed by atoms with Gasteiger partial charge in [-0.25, -0.2) is 9.78 Å². The first-order valence-corrected chi connectivity index (χ1v) is 14.1. The molecule has 0 aliphatic heterocycles. The number of hydrogen-bond acceptors (Lipinski definition) is 5. The highest BCUT2D eigenvalue weighted by molar-refractivity contribution is 6.04. The van der Waals surface area contributed by atoms with Gasteiger partial charge in [0.2, 0.25) is 0 Å². The monoisotopic (exact) mass is 576 g/mol. The lowest BCUT2D eigenvalue weighted by Gasteiger charge is -2.20. The van der Waals surface area contributed by atoms with E-state index in [0.717, 1.165) is 39.1 Å². The molecule has 2 heterocycles. The second-order valence-corrected chi connectivity index (χ2v) is 11.5. The van der Waals surface area contributed by atoms with Gasteiger partial charge in [0.25, 0.3) is 5.91 Å². The molecule has 0 fully saturated rings. The van der Waals surface area contributed by atoms with Crippen LogP contribution >= 0.6 is 0 Å². The molecule has 2 aromatic heterocycles. The number of amides is 1. The fourth-order valence-electron chi connectivity index (χ4n) is 5.14. The predicted molar refractivity (Wildman–Crippen MR) is 170 cm³/mol. The summed E-state index contributed by atoms with van der Waals surface area (Å²) < 4.78 is 12.7. The number of nitrogens with zero attached hydrogens (tertiary/aromatic N) is 2. The van der Waals surface area contributed by atoms with E-state index in [2.05, 4.69) is 29.4 Å². The Morgan fingerprint density at radius 3 is 2.40 bits per heavy atom. The minimum Gasteiger partial charge on any atom is -0.496 e. The molecule has 0 saturated heterocycles. The number of hydrogen-bond donors (Lipinski definition) is 2. The van der Waals surface area contributed by atoms with Crippen molar-refractivity contribution in [1.29, 1.82) is 0 Å². The number of benzene rings is 3. The first kappa shape index (κ1) is 29.4. The number of ether oxygens (including phenoxy) is 2. The average molecular weight is 577 g/mol. The molecule has 220 valence electrons. The van der Waals surface area contributed by atoms with E-state index in [1.807, 2.05) is 83.1 Å². The minimum absolute atomic E-state index is 0.296. The normalized spacial score (nSPS) is 11.3. The van der Waals surface area contributed by atoms with Crippen LogP contribution in [0.5, 0.6) is 5.75 Å². The SMILES string of the molecule is COc1ccc(-c2nc(C(=O)Nc3cccc(-c4cccn4C(=O)OC(C)(C)C)c3)c(C)[nH]2)c(C)c1-c1ccccc1C. The van der Waals surface area contributed by atoms with E-state index in [4.69, 9.17) is 14.5 Å². The van der Waals surface area contributed by atoms with Crippen LogP contribution in [0.2, 0.25) is 0 Å². The molecule has 0 aliphatic rings. The molecular weight excluding hydrogens is 540 g/mol. The van der Waals surface area contributed by atoms with Gasteiger partial charge in [-0.05, 0) is 94.6 Å². The summed E-state index contributed by atoms with van der Waals surface area (Å²) in [7, 11) is 1.67. The Morgan fingerprint density at radius 1 is 0.907 bits per heavy atom. The zero-order valence-corrected chi connectivity index (χ0v) is 25.5. The van der Waals surface area contributed by atoms with E-state index in [9.17, 15) is 9.59 Å². The van der Waals surface area contributed by atoms with E-state index in [1.54, 1.807) is 25.4 Å². The highest BCUT2D eigenvalue weighted by Gasteiger charge is 2.22. The summed E-state index contributed by atoms with van der Waals surface area (Å²) in [6.07, 6.45) is 1.19. The molecular formula is C35H36N4O4. The first-order valence-electron chi connectivity index (χ1n) is 14.1. The van der Waals surface area contributed by atoms with Crippen molar-refractivity contribution >= 4 is 17.7 Å². The summed E-state index contributed by atoms with van der Waals surface area (Å²) in [6.45, 7) is 11.4. The molecule has 5 aromatic rings. The number of anilines is 1. The van der Waals surface area contributed by atoms with Gasteiger partial charge in [0.1, 0.15) is 22.9 Å². The number of imidazole rings is 1. The molecule has 0 radical (unpaired) electrons. The largest absolute Gasteiger partial charge is 0.496 e. The fraction of sp³-hybridized carbons (Fsp3) is 0.229. The van der Waals surface area contributed by atoms with Gasteiger partial charge < -0.3 is 19.8 Å². The average Bonchev–Trinajstić information content (AvgIpc) is 3.60. The third-order valence-electron chi connectivity index (χ3n) is 7.17. The molecule has 1 amide bonds. The van der Waals surface area contributed by atoms with Crippen LogP contribution < -0.4 is 10.1 Å². The molecule has 43 heavy (non-hydrogen) atoms. The second kappa shape index (κ2) is 11.6. The highest BCUT2D eigenvalue weighted by atomic mass is 16.6. The fourth-order valence-corrected chi connectivity index (χ4v) is 5.14. The molecule has 8 nitrogen and oxygen atoms in total. The van der Waals surface area contributed by atoms with Crippen LogP contribution in [-0.4, -0.2) is 39.2 Å². The first-order chi connectivity index (χ1) is 20.5. The summed E-state index contributed by atoms with van der Waals surface area (Å²) >= 11 is 0. The van der Waals surface area contributed by atoms with Gasteiger partial charge in [0, 0.05) is 34.3 Å². The molecule has 8 heteroatoms. The Balaban J connectivity index is 1.43. The zero-order valence-electron chi connectivity index (χ0n) is 25.5. The molecule has 0 bridgehead atoms. The van der Waals surface area contributed by atoms with Crippen LogP contribution in [0.15, 0.2) is 79.0 Å². The maximum absolute atomic E-state index is 13.4. The van der Waals surface area contributed by atoms with Crippen LogP contribution in [-0.2, 0) is 4.74 Å². The molecule has 0 saturated carbocycles. The van der Waals surface area contributed by atoms with Crippen molar-refractivity contribution < 1.29 is 19.1 Å². The Bertz CT molecular complexity index is 1820. The van der Waals surface area contributed by atoms with E-state index in [1.165, 1.54) is 4.57 Å². The Morgan fingerprint density at radius 2 is 1.67 bits per heavy atom. The number of rotatable bonds is 6. The number of aromatic amines is 1. The number of nitrogens with one attached hydrogen (secondary N) is 2.